The van der Waals surface area contributed by atoms with Crippen LogP contribution in [-0.2, 0) is 0 Å². The van der Waals surface area contributed by atoms with E-state index in [9.17, 15) is 4.39 Å². The van der Waals surface area contributed by atoms with E-state index in [1.54, 1.807) is 11.8 Å². The van der Waals surface area contributed by atoms with E-state index in [1.165, 1.54) is 6.07 Å². The fourth-order valence-corrected chi connectivity index (χ4v) is 2.60. The minimum Gasteiger partial charge on any atom is -0.307 e. The van der Waals surface area contributed by atoms with Gasteiger partial charge in [-0.2, -0.15) is 11.8 Å². The number of benzene rings is 1. The van der Waals surface area contributed by atoms with Crippen LogP contribution < -0.4 is 5.32 Å². The lowest BCUT2D eigenvalue weighted by molar-refractivity contribution is 0.487. The lowest BCUT2D eigenvalue weighted by Gasteiger charge is -2.20. The van der Waals surface area contributed by atoms with Crippen LogP contribution in [0.2, 0.25) is 0 Å². The van der Waals surface area contributed by atoms with E-state index in [-0.39, 0.29) is 11.9 Å². The summed E-state index contributed by atoms with van der Waals surface area (Å²) in [5, 5.41) is 3.38. The molecular formula is C12H17BrFNS. The summed E-state index contributed by atoms with van der Waals surface area (Å²) in [6.07, 6.45) is 2.07. The number of nitrogens with one attached hydrogen (secondary N) is 1. The van der Waals surface area contributed by atoms with Crippen molar-refractivity contribution in [1.29, 1.82) is 0 Å². The van der Waals surface area contributed by atoms with Gasteiger partial charge >= 0.3 is 0 Å². The first-order valence-electron chi connectivity index (χ1n) is 5.24. The molecule has 0 aliphatic carbocycles. The van der Waals surface area contributed by atoms with Gasteiger partial charge in [0.2, 0.25) is 0 Å². The highest BCUT2D eigenvalue weighted by molar-refractivity contribution is 9.10. The van der Waals surface area contributed by atoms with Gasteiger partial charge in [0.15, 0.2) is 0 Å². The monoisotopic (exact) mass is 305 g/mol. The summed E-state index contributed by atoms with van der Waals surface area (Å²) in [6, 6.07) is 5.62. The number of hydrogen-bond acceptors (Lipinski definition) is 2. The molecule has 1 aromatic rings. The van der Waals surface area contributed by atoms with Gasteiger partial charge in [-0.1, -0.05) is 22.0 Å². The molecule has 0 bridgehead atoms. The normalized spacial score (nSPS) is 14.8. The van der Waals surface area contributed by atoms with E-state index in [4.69, 9.17) is 0 Å². The topological polar surface area (TPSA) is 12.0 Å². The molecule has 0 aromatic heterocycles. The molecular weight excluding hydrogens is 289 g/mol. The third kappa shape index (κ3) is 4.07. The number of thioether (sulfide) groups is 1. The molecule has 0 radical (unpaired) electrons. The van der Waals surface area contributed by atoms with Crippen LogP contribution in [0.4, 0.5) is 4.39 Å². The standard InChI is InChI=1S/C12H17BrFNS/c1-8(7-16-3)15-9(2)11-5-4-10(13)6-12(11)14/h4-6,8-9,15H,7H2,1-3H3. The number of hydrogen-bond donors (Lipinski definition) is 1. The van der Waals surface area contributed by atoms with Crippen LogP contribution in [-0.4, -0.2) is 18.1 Å². The molecule has 0 aliphatic rings. The molecule has 0 fully saturated rings. The second kappa shape index (κ2) is 6.62. The van der Waals surface area contributed by atoms with E-state index >= 15 is 0 Å². The first-order valence-corrected chi connectivity index (χ1v) is 7.43. The average molecular weight is 306 g/mol. The van der Waals surface area contributed by atoms with Gasteiger partial charge < -0.3 is 5.32 Å². The van der Waals surface area contributed by atoms with E-state index in [0.717, 1.165) is 15.8 Å². The molecule has 16 heavy (non-hydrogen) atoms. The molecule has 1 nitrogen and oxygen atoms in total. The van der Waals surface area contributed by atoms with Gasteiger partial charge in [0.1, 0.15) is 5.82 Å². The molecule has 1 aromatic carbocycles. The highest BCUT2D eigenvalue weighted by atomic mass is 79.9. The molecule has 0 aliphatic heterocycles. The lowest BCUT2D eigenvalue weighted by Crippen LogP contribution is -2.31. The Morgan fingerprint density at radius 3 is 2.69 bits per heavy atom. The molecule has 2 unspecified atom stereocenters. The van der Waals surface area contributed by atoms with Crippen LogP contribution in [0.25, 0.3) is 0 Å². The van der Waals surface area contributed by atoms with E-state index in [1.807, 2.05) is 19.1 Å². The smallest absolute Gasteiger partial charge is 0.129 e. The molecule has 4 heteroatoms. The summed E-state index contributed by atoms with van der Waals surface area (Å²) in [5.74, 6) is 0.869. The van der Waals surface area contributed by atoms with Crippen molar-refractivity contribution in [3.05, 3.63) is 34.1 Å². The Morgan fingerprint density at radius 2 is 2.12 bits per heavy atom. The fourth-order valence-electron chi connectivity index (χ4n) is 1.67. The second-order valence-corrected chi connectivity index (χ2v) is 5.74. The minimum atomic E-state index is -0.161. The maximum atomic E-state index is 13.7. The third-order valence-corrected chi connectivity index (χ3v) is 3.71. The van der Waals surface area contributed by atoms with Crippen LogP contribution in [0.3, 0.4) is 0 Å². The summed E-state index contributed by atoms with van der Waals surface area (Å²) < 4.78 is 14.4. The highest BCUT2D eigenvalue weighted by Gasteiger charge is 2.13. The molecule has 0 spiro atoms. The molecule has 1 N–H and O–H groups in total. The molecule has 0 heterocycles. The van der Waals surface area contributed by atoms with Crippen molar-refractivity contribution in [2.24, 2.45) is 0 Å². The molecule has 0 saturated carbocycles. The van der Waals surface area contributed by atoms with E-state index < -0.39 is 0 Å². The number of halogens is 2. The van der Waals surface area contributed by atoms with Gasteiger partial charge in [-0.25, -0.2) is 4.39 Å². The predicted octanol–water partition coefficient (Wildman–Crippen LogP) is 3.99. The Kier molecular flexibility index (Phi) is 5.79. The quantitative estimate of drug-likeness (QED) is 0.883. The average Bonchev–Trinajstić information content (AvgIpc) is 2.17. The fraction of sp³-hybridized carbons (Fsp3) is 0.500. The lowest BCUT2D eigenvalue weighted by atomic mass is 10.1. The van der Waals surface area contributed by atoms with Gasteiger partial charge in [-0.3, -0.25) is 0 Å². The zero-order valence-electron chi connectivity index (χ0n) is 9.76. The number of rotatable bonds is 5. The first-order chi connectivity index (χ1) is 7.54. The van der Waals surface area contributed by atoms with Crippen molar-refractivity contribution in [3.63, 3.8) is 0 Å². The Bertz CT molecular complexity index is 346. The summed E-state index contributed by atoms with van der Waals surface area (Å²) in [6.45, 7) is 4.10. The zero-order chi connectivity index (χ0) is 12.1. The van der Waals surface area contributed by atoms with Gasteiger partial charge in [0.25, 0.3) is 0 Å². The van der Waals surface area contributed by atoms with Crippen LogP contribution in [0.5, 0.6) is 0 Å². The van der Waals surface area contributed by atoms with Crippen molar-refractivity contribution < 1.29 is 4.39 Å². The Balaban J connectivity index is 2.69. The van der Waals surface area contributed by atoms with E-state index in [0.29, 0.717) is 6.04 Å². The van der Waals surface area contributed by atoms with Gasteiger partial charge in [0, 0.05) is 27.9 Å². The minimum absolute atomic E-state index is 0.0373. The van der Waals surface area contributed by atoms with Crippen LogP contribution >= 0.6 is 27.7 Å². The summed E-state index contributed by atoms with van der Waals surface area (Å²) in [5.41, 5.74) is 0.719. The Hall–Kier alpha value is -0.0600. The summed E-state index contributed by atoms with van der Waals surface area (Å²) in [4.78, 5) is 0. The summed E-state index contributed by atoms with van der Waals surface area (Å²) in [7, 11) is 0. The molecule has 2 atom stereocenters. The highest BCUT2D eigenvalue weighted by Crippen LogP contribution is 2.21. The van der Waals surface area contributed by atoms with Gasteiger partial charge in [-0.05, 0) is 32.2 Å². The van der Waals surface area contributed by atoms with E-state index in [2.05, 4.69) is 34.4 Å². The van der Waals surface area contributed by atoms with Crippen molar-refractivity contribution in [2.75, 3.05) is 12.0 Å². The molecule has 1 rings (SSSR count). The van der Waals surface area contributed by atoms with Crippen molar-refractivity contribution >= 4 is 27.7 Å². The van der Waals surface area contributed by atoms with Crippen LogP contribution in [0, 0.1) is 5.82 Å². The maximum Gasteiger partial charge on any atom is 0.129 e. The maximum absolute atomic E-state index is 13.7. The van der Waals surface area contributed by atoms with Crippen LogP contribution in [0.1, 0.15) is 25.5 Å². The first kappa shape index (κ1) is 14.0. The third-order valence-electron chi connectivity index (χ3n) is 2.38. The van der Waals surface area contributed by atoms with Crippen LogP contribution in [0.15, 0.2) is 22.7 Å². The molecule has 90 valence electrons. The Labute approximate surface area is 109 Å². The Morgan fingerprint density at radius 1 is 1.44 bits per heavy atom. The SMILES string of the molecule is CSCC(C)NC(C)c1ccc(Br)cc1F. The summed E-state index contributed by atoms with van der Waals surface area (Å²) >= 11 is 5.05. The largest absolute Gasteiger partial charge is 0.307 e. The predicted molar refractivity (Wildman–Crippen MR) is 73.5 cm³/mol. The second-order valence-electron chi connectivity index (χ2n) is 3.91. The van der Waals surface area contributed by atoms with Gasteiger partial charge in [0.05, 0.1) is 0 Å². The molecule has 0 amide bonds. The van der Waals surface area contributed by atoms with Gasteiger partial charge in [-0.15, -0.1) is 0 Å². The molecule has 0 saturated heterocycles. The zero-order valence-corrected chi connectivity index (χ0v) is 12.2. The van der Waals surface area contributed by atoms with Crippen molar-refractivity contribution in [1.82, 2.24) is 5.32 Å². The van der Waals surface area contributed by atoms with Crippen molar-refractivity contribution in [2.45, 2.75) is 25.9 Å². The van der Waals surface area contributed by atoms with Crippen molar-refractivity contribution in [3.8, 4) is 0 Å².